The van der Waals surface area contributed by atoms with Crippen molar-refractivity contribution in [3.05, 3.63) is 34.6 Å². The SMILES string of the molecule is CC(C)Cn1c(S[C@H](C)C(=O)N[C@](C)(C#N)C(C)C)nc2ccccc2c1=O. The van der Waals surface area contributed by atoms with Gasteiger partial charge in [0.05, 0.1) is 22.2 Å². The summed E-state index contributed by atoms with van der Waals surface area (Å²) in [5, 5.41) is 12.9. The van der Waals surface area contributed by atoms with Crippen molar-refractivity contribution in [3.63, 3.8) is 0 Å². The molecule has 28 heavy (non-hydrogen) atoms. The van der Waals surface area contributed by atoms with Crippen LogP contribution in [0.15, 0.2) is 34.2 Å². The van der Waals surface area contributed by atoms with Gasteiger partial charge in [-0.1, -0.05) is 51.6 Å². The number of carbonyl (C=O) groups is 1. The molecule has 0 aliphatic heterocycles. The third-order valence-corrected chi connectivity index (χ3v) is 5.89. The molecule has 0 bridgehead atoms. The van der Waals surface area contributed by atoms with E-state index in [-0.39, 0.29) is 23.3 Å². The average molecular weight is 401 g/mol. The Labute approximate surface area is 170 Å². The number of benzene rings is 1. The molecule has 1 aromatic carbocycles. The second-order valence-corrected chi connectivity index (χ2v) is 9.25. The summed E-state index contributed by atoms with van der Waals surface area (Å²) >= 11 is 1.24. The van der Waals surface area contributed by atoms with E-state index in [1.165, 1.54) is 11.8 Å². The molecule has 150 valence electrons. The van der Waals surface area contributed by atoms with E-state index in [1.807, 2.05) is 39.8 Å². The maximum absolute atomic E-state index is 13.0. The molecule has 1 heterocycles. The van der Waals surface area contributed by atoms with Gasteiger partial charge in [-0.2, -0.15) is 5.26 Å². The van der Waals surface area contributed by atoms with E-state index in [9.17, 15) is 14.9 Å². The van der Waals surface area contributed by atoms with Crippen molar-refractivity contribution >= 4 is 28.6 Å². The Balaban J connectivity index is 2.38. The lowest BCUT2D eigenvalue weighted by molar-refractivity contribution is -0.121. The first kappa shape index (κ1) is 22.0. The first-order valence-corrected chi connectivity index (χ1v) is 10.4. The molecule has 0 saturated heterocycles. The quantitative estimate of drug-likeness (QED) is 0.567. The summed E-state index contributed by atoms with van der Waals surface area (Å²) in [6, 6.07) is 9.42. The summed E-state index contributed by atoms with van der Waals surface area (Å²) in [4.78, 5) is 30.3. The van der Waals surface area contributed by atoms with E-state index in [2.05, 4.69) is 16.4 Å². The summed E-state index contributed by atoms with van der Waals surface area (Å²) in [6.07, 6.45) is 0. The number of hydrogen-bond acceptors (Lipinski definition) is 5. The highest BCUT2D eigenvalue weighted by molar-refractivity contribution is 8.00. The largest absolute Gasteiger partial charge is 0.337 e. The Kier molecular flexibility index (Phi) is 6.89. The Hall–Kier alpha value is -2.33. The maximum atomic E-state index is 13.0. The van der Waals surface area contributed by atoms with Gasteiger partial charge in [-0.05, 0) is 37.8 Å². The van der Waals surface area contributed by atoms with Crippen LogP contribution in [0.4, 0.5) is 0 Å². The Morgan fingerprint density at radius 1 is 1.29 bits per heavy atom. The van der Waals surface area contributed by atoms with Crippen molar-refractivity contribution in [2.24, 2.45) is 11.8 Å². The fourth-order valence-corrected chi connectivity index (χ4v) is 3.55. The standard InChI is InChI=1S/C21H28N4O2S/c1-13(2)11-25-19(27)16-9-7-8-10-17(16)23-20(25)28-15(5)18(26)24-21(6,12-22)14(3)4/h7-10,13-15H,11H2,1-6H3,(H,24,26)/t15-,21-/m1/s1. The van der Waals surface area contributed by atoms with Gasteiger partial charge in [-0.15, -0.1) is 0 Å². The molecule has 2 rings (SSSR count). The molecular formula is C21H28N4O2S. The van der Waals surface area contributed by atoms with Gasteiger partial charge in [-0.25, -0.2) is 4.98 Å². The lowest BCUT2D eigenvalue weighted by Crippen LogP contribution is -2.51. The number of aromatic nitrogens is 2. The number of amides is 1. The summed E-state index contributed by atoms with van der Waals surface area (Å²) in [6.45, 7) is 11.9. The highest BCUT2D eigenvalue weighted by atomic mass is 32.2. The number of para-hydroxylation sites is 1. The molecular weight excluding hydrogens is 372 g/mol. The Morgan fingerprint density at radius 3 is 2.50 bits per heavy atom. The molecule has 6 nitrogen and oxygen atoms in total. The van der Waals surface area contributed by atoms with E-state index in [0.717, 1.165) is 0 Å². The number of hydrogen-bond donors (Lipinski definition) is 1. The third kappa shape index (κ3) is 4.74. The zero-order valence-corrected chi connectivity index (χ0v) is 18.1. The van der Waals surface area contributed by atoms with E-state index in [1.54, 1.807) is 30.5 Å². The van der Waals surface area contributed by atoms with Gasteiger partial charge in [0.25, 0.3) is 5.56 Å². The second-order valence-electron chi connectivity index (χ2n) is 7.94. The average Bonchev–Trinajstić information content (AvgIpc) is 2.64. The van der Waals surface area contributed by atoms with Gasteiger partial charge in [0.2, 0.25) is 5.91 Å². The number of nitriles is 1. The Morgan fingerprint density at radius 2 is 1.93 bits per heavy atom. The third-order valence-electron chi connectivity index (χ3n) is 4.80. The lowest BCUT2D eigenvalue weighted by atomic mass is 9.90. The van der Waals surface area contributed by atoms with Crippen molar-refractivity contribution in [2.75, 3.05) is 0 Å². The predicted molar refractivity (Wildman–Crippen MR) is 113 cm³/mol. The van der Waals surface area contributed by atoms with Crippen molar-refractivity contribution in [3.8, 4) is 6.07 Å². The highest BCUT2D eigenvalue weighted by Crippen LogP contribution is 2.25. The van der Waals surface area contributed by atoms with E-state index in [4.69, 9.17) is 0 Å². The van der Waals surface area contributed by atoms with Gasteiger partial charge >= 0.3 is 0 Å². The van der Waals surface area contributed by atoms with Crippen LogP contribution < -0.4 is 10.9 Å². The van der Waals surface area contributed by atoms with Crippen LogP contribution in [-0.4, -0.2) is 26.2 Å². The zero-order chi connectivity index (χ0) is 21.1. The smallest absolute Gasteiger partial charge is 0.262 e. The summed E-state index contributed by atoms with van der Waals surface area (Å²) in [5.41, 5.74) is -0.426. The highest BCUT2D eigenvalue weighted by Gasteiger charge is 2.32. The molecule has 0 saturated carbocycles. The molecule has 1 N–H and O–H groups in total. The fraction of sp³-hybridized carbons (Fsp3) is 0.524. The van der Waals surface area contributed by atoms with Gasteiger partial charge in [0, 0.05) is 6.54 Å². The first-order chi connectivity index (χ1) is 13.1. The van der Waals surface area contributed by atoms with Crippen LogP contribution >= 0.6 is 11.8 Å². The van der Waals surface area contributed by atoms with Crippen LogP contribution in [-0.2, 0) is 11.3 Å². The number of rotatable bonds is 7. The molecule has 7 heteroatoms. The topological polar surface area (TPSA) is 87.8 Å². The molecule has 0 fully saturated rings. The first-order valence-electron chi connectivity index (χ1n) is 9.48. The lowest BCUT2D eigenvalue weighted by Gasteiger charge is -2.28. The zero-order valence-electron chi connectivity index (χ0n) is 17.3. The number of fused-ring (bicyclic) bond motifs is 1. The number of nitrogens with one attached hydrogen (secondary N) is 1. The molecule has 1 amide bonds. The van der Waals surface area contributed by atoms with Crippen molar-refractivity contribution in [1.82, 2.24) is 14.9 Å². The van der Waals surface area contributed by atoms with Gasteiger partial charge in [0.1, 0.15) is 5.54 Å². The Bertz CT molecular complexity index is 961. The van der Waals surface area contributed by atoms with Crippen molar-refractivity contribution in [1.29, 1.82) is 5.26 Å². The van der Waals surface area contributed by atoms with E-state index < -0.39 is 10.8 Å². The second kappa shape index (κ2) is 8.78. The van der Waals surface area contributed by atoms with Crippen LogP contribution in [0.2, 0.25) is 0 Å². The van der Waals surface area contributed by atoms with Gasteiger partial charge in [-0.3, -0.25) is 14.2 Å². The molecule has 0 radical (unpaired) electrons. The molecule has 0 aliphatic carbocycles. The summed E-state index contributed by atoms with van der Waals surface area (Å²) < 4.78 is 1.65. The number of carbonyl (C=O) groups excluding carboxylic acids is 1. The molecule has 1 aromatic heterocycles. The summed E-state index contributed by atoms with van der Waals surface area (Å²) in [7, 11) is 0. The minimum absolute atomic E-state index is 0.0310. The number of nitrogens with zero attached hydrogens (tertiary/aromatic N) is 3. The van der Waals surface area contributed by atoms with Crippen LogP contribution in [0.5, 0.6) is 0 Å². The van der Waals surface area contributed by atoms with Crippen molar-refractivity contribution in [2.45, 2.75) is 64.0 Å². The molecule has 2 aromatic rings. The maximum Gasteiger partial charge on any atom is 0.262 e. The normalized spacial score (nSPS) is 14.7. The van der Waals surface area contributed by atoms with E-state index >= 15 is 0 Å². The molecule has 2 atom stereocenters. The molecule has 0 spiro atoms. The monoisotopic (exact) mass is 400 g/mol. The predicted octanol–water partition coefficient (Wildman–Crippen LogP) is 3.59. The number of thioether (sulfide) groups is 1. The van der Waals surface area contributed by atoms with E-state index in [0.29, 0.717) is 22.6 Å². The molecule has 0 unspecified atom stereocenters. The van der Waals surface area contributed by atoms with Crippen LogP contribution in [0.1, 0.15) is 41.5 Å². The van der Waals surface area contributed by atoms with Crippen LogP contribution in [0, 0.1) is 23.2 Å². The van der Waals surface area contributed by atoms with Gasteiger partial charge in [0.15, 0.2) is 5.16 Å². The minimum atomic E-state index is -0.944. The minimum Gasteiger partial charge on any atom is -0.337 e. The van der Waals surface area contributed by atoms with Gasteiger partial charge < -0.3 is 5.32 Å². The van der Waals surface area contributed by atoms with Crippen molar-refractivity contribution < 1.29 is 4.79 Å². The fourth-order valence-electron chi connectivity index (χ4n) is 2.63. The molecule has 0 aliphatic rings. The van der Waals surface area contributed by atoms with Crippen LogP contribution in [0.25, 0.3) is 10.9 Å². The van der Waals surface area contributed by atoms with Crippen LogP contribution in [0.3, 0.4) is 0 Å². The summed E-state index contributed by atoms with van der Waals surface area (Å²) in [5.74, 6) is -0.0233.